The largest absolute Gasteiger partial charge is 0.350 e. The molecule has 0 radical (unpaired) electrons. The number of likely N-dealkylation sites (tertiary alicyclic amines) is 1. The van der Waals surface area contributed by atoms with Crippen molar-refractivity contribution in [1.82, 2.24) is 10.2 Å². The van der Waals surface area contributed by atoms with Crippen LogP contribution in [0.25, 0.3) is 0 Å². The number of carbonyl (C=O) groups is 1. The van der Waals surface area contributed by atoms with Crippen molar-refractivity contribution < 1.29 is 13.2 Å². The number of nitrogens with one attached hydrogen (secondary N) is 2. The normalized spacial score (nSPS) is 17.3. The van der Waals surface area contributed by atoms with E-state index < -0.39 is 10.0 Å². The van der Waals surface area contributed by atoms with Crippen LogP contribution in [-0.4, -0.2) is 44.9 Å². The van der Waals surface area contributed by atoms with Gasteiger partial charge in [-0.05, 0) is 84.7 Å². The Kier molecular flexibility index (Phi) is 6.97. The molecule has 6 nitrogen and oxygen atoms in total. The second-order valence-electron chi connectivity index (χ2n) is 7.25. The first-order chi connectivity index (χ1) is 13.8. The lowest BCUT2D eigenvalue weighted by atomic mass is 10.2. The molecule has 0 aliphatic carbocycles. The molecule has 1 aliphatic heterocycles. The Labute approximate surface area is 180 Å². The Bertz CT molecular complexity index is 994. The van der Waals surface area contributed by atoms with E-state index in [1.807, 2.05) is 13.0 Å². The number of rotatable bonds is 7. The predicted molar refractivity (Wildman–Crippen MR) is 119 cm³/mol. The molecule has 2 aromatic rings. The number of aryl methyl sites for hydroxylation is 1. The average Bonchev–Trinajstić information content (AvgIpc) is 3.16. The summed E-state index contributed by atoms with van der Waals surface area (Å²) in [5.41, 5.74) is 1.73. The molecule has 0 saturated carbocycles. The van der Waals surface area contributed by atoms with Crippen LogP contribution >= 0.6 is 15.9 Å². The van der Waals surface area contributed by atoms with Crippen molar-refractivity contribution in [3.05, 3.63) is 58.1 Å². The molecular formula is C21H26BrN3O3S. The predicted octanol–water partition coefficient (Wildman–Crippen LogP) is 3.77. The van der Waals surface area contributed by atoms with Gasteiger partial charge in [-0.15, -0.1) is 0 Å². The molecular weight excluding hydrogens is 454 g/mol. The number of benzene rings is 2. The zero-order chi connectivity index (χ0) is 21.0. The third-order valence-electron chi connectivity index (χ3n) is 5.18. The Hall–Kier alpha value is -1.90. The average molecular weight is 480 g/mol. The van der Waals surface area contributed by atoms with Gasteiger partial charge in [-0.25, -0.2) is 8.42 Å². The molecule has 0 bridgehead atoms. The van der Waals surface area contributed by atoms with Gasteiger partial charge in [0, 0.05) is 22.6 Å². The lowest BCUT2D eigenvalue weighted by Crippen LogP contribution is -2.40. The van der Waals surface area contributed by atoms with Crippen LogP contribution in [0, 0.1) is 6.92 Å². The number of hydrogen-bond acceptors (Lipinski definition) is 4. The molecule has 1 atom stereocenters. The zero-order valence-electron chi connectivity index (χ0n) is 16.6. The van der Waals surface area contributed by atoms with Crippen LogP contribution in [0.4, 0.5) is 5.69 Å². The van der Waals surface area contributed by atoms with Crippen molar-refractivity contribution in [2.24, 2.45) is 0 Å². The topological polar surface area (TPSA) is 78.5 Å². The number of likely N-dealkylation sites (N-methyl/N-ethyl adjacent to an activating group) is 1. The smallest absolute Gasteiger partial charge is 0.261 e. The first-order valence-corrected chi connectivity index (χ1v) is 12.0. The number of anilines is 1. The molecule has 0 spiro atoms. The Balaban J connectivity index is 1.72. The van der Waals surface area contributed by atoms with Gasteiger partial charge >= 0.3 is 0 Å². The third kappa shape index (κ3) is 5.38. The van der Waals surface area contributed by atoms with Crippen LogP contribution in [0.15, 0.2) is 51.8 Å². The van der Waals surface area contributed by atoms with Crippen LogP contribution in [0.5, 0.6) is 0 Å². The molecule has 1 amide bonds. The lowest BCUT2D eigenvalue weighted by Gasteiger charge is -2.22. The Morgan fingerprint density at radius 3 is 2.79 bits per heavy atom. The zero-order valence-corrected chi connectivity index (χ0v) is 19.0. The van der Waals surface area contributed by atoms with Gasteiger partial charge in [0.15, 0.2) is 0 Å². The second kappa shape index (κ2) is 9.28. The van der Waals surface area contributed by atoms with Crippen molar-refractivity contribution in [1.29, 1.82) is 0 Å². The van der Waals surface area contributed by atoms with E-state index in [1.54, 1.807) is 24.3 Å². The SMILES string of the molecule is CCN1CCCC1CNC(=O)c1cccc(S(=O)(=O)Nc2cc(C)ccc2Br)c1. The summed E-state index contributed by atoms with van der Waals surface area (Å²) in [5, 5.41) is 2.95. The molecule has 1 heterocycles. The molecule has 1 aliphatic rings. The number of halogens is 1. The van der Waals surface area contributed by atoms with Gasteiger partial charge in [0.2, 0.25) is 0 Å². The summed E-state index contributed by atoms with van der Waals surface area (Å²) in [4.78, 5) is 15.0. The van der Waals surface area contributed by atoms with Crippen molar-refractivity contribution in [3.8, 4) is 0 Å². The lowest BCUT2D eigenvalue weighted by molar-refractivity contribution is 0.0941. The summed E-state index contributed by atoms with van der Waals surface area (Å²) in [6.45, 7) is 6.60. The van der Waals surface area contributed by atoms with E-state index in [-0.39, 0.29) is 10.8 Å². The van der Waals surface area contributed by atoms with Crippen LogP contribution in [0.1, 0.15) is 35.7 Å². The van der Waals surface area contributed by atoms with Crippen LogP contribution < -0.4 is 10.0 Å². The maximum atomic E-state index is 12.8. The third-order valence-corrected chi connectivity index (χ3v) is 7.23. The van der Waals surface area contributed by atoms with Crippen molar-refractivity contribution >= 4 is 37.5 Å². The number of nitrogens with zero attached hydrogens (tertiary/aromatic N) is 1. The van der Waals surface area contributed by atoms with E-state index in [4.69, 9.17) is 0 Å². The number of amides is 1. The molecule has 1 saturated heterocycles. The second-order valence-corrected chi connectivity index (χ2v) is 9.79. The molecule has 0 aromatic heterocycles. The highest BCUT2D eigenvalue weighted by atomic mass is 79.9. The maximum absolute atomic E-state index is 12.8. The summed E-state index contributed by atoms with van der Waals surface area (Å²) < 4.78 is 28.9. The fourth-order valence-corrected chi connectivity index (χ4v) is 5.17. The molecule has 3 rings (SSSR count). The van der Waals surface area contributed by atoms with E-state index in [1.165, 1.54) is 12.1 Å². The van der Waals surface area contributed by atoms with Gasteiger partial charge in [-0.3, -0.25) is 14.4 Å². The standard InChI is InChI=1S/C21H26BrN3O3S/c1-3-25-11-5-7-17(25)14-23-21(26)16-6-4-8-18(13-16)29(27,28)24-20-12-15(2)9-10-19(20)22/h4,6,8-10,12-13,17,24H,3,5,7,11,14H2,1-2H3,(H,23,26). The highest BCUT2D eigenvalue weighted by molar-refractivity contribution is 9.10. The quantitative estimate of drug-likeness (QED) is 0.633. The molecule has 1 fully saturated rings. The van der Waals surface area contributed by atoms with Crippen molar-refractivity contribution in [3.63, 3.8) is 0 Å². The van der Waals surface area contributed by atoms with E-state index in [0.29, 0.717) is 28.3 Å². The van der Waals surface area contributed by atoms with Gasteiger partial charge in [-0.2, -0.15) is 0 Å². The monoisotopic (exact) mass is 479 g/mol. The summed E-state index contributed by atoms with van der Waals surface area (Å²) >= 11 is 3.36. The molecule has 8 heteroatoms. The van der Waals surface area contributed by atoms with Gasteiger partial charge in [0.1, 0.15) is 0 Å². The van der Waals surface area contributed by atoms with Gasteiger partial charge in [0.25, 0.3) is 15.9 Å². The van der Waals surface area contributed by atoms with E-state index in [0.717, 1.165) is 31.5 Å². The number of sulfonamides is 1. The van der Waals surface area contributed by atoms with Crippen molar-refractivity contribution in [2.45, 2.75) is 37.6 Å². The fraction of sp³-hybridized carbons (Fsp3) is 0.381. The van der Waals surface area contributed by atoms with E-state index in [9.17, 15) is 13.2 Å². The number of hydrogen-bond donors (Lipinski definition) is 2. The van der Waals surface area contributed by atoms with Crippen LogP contribution in [0.2, 0.25) is 0 Å². The molecule has 2 aromatic carbocycles. The van der Waals surface area contributed by atoms with E-state index in [2.05, 4.69) is 37.8 Å². The Morgan fingerprint density at radius 2 is 2.03 bits per heavy atom. The van der Waals surface area contributed by atoms with Crippen molar-refractivity contribution in [2.75, 3.05) is 24.4 Å². The summed E-state index contributed by atoms with van der Waals surface area (Å²) in [7, 11) is -3.82. The summed E-state index contributed by atoms with van der Waals surface area (Å²) in [5.74, 6) is -0.262. The van der Waals surface area contributed by atoms with Gasteiger partial charge in [0.05, 0.1) is 10.6 Å². The fourth-order valence-electron chi connectivity index (χ4n) is 3.58. The minimum absolute atomic E-state index is 0.0506. The van der Waals surface area contributed by atoms with Crippen LogP contribution in [0.3, 0.4) is 0 Å². The minimum Gasteiger partial charge on any atom is -0.350 e. The maximum Gasteiger partial charge on any atom is 0.261 e. The minimum atomic E-state index is -3.82. The molecule has 156 valence electrons. The highest BCUT2D eigenvalue weighted by Crippen LogP contribution is 2.26. The molecule has 2 N–H and O–H groups in total. The van der Waals surface area contributed by atoms with Crippen LogP contribution in [-0.2, 0) is 10.0 Å². The first-order valence-electron chi connectivity index (χ1n) is 9.71. The molecule has 29 heavy (non-hydrogen) atoms. The molecule has 1 unspecified atom stereocenters. The highest BCUT2D eigenvalue weighted by Gasteiger charge is 2.24. The Morgan fingerprint density at radius 1 is 1.24 bits per heavy atom. The summed E-state index contributed by atoms with van der Waals surface area (Å²) in [6, 6.07) is 11.9. The number of carbonyl (C=O) groups excluding carboxylic acids is 1. The van der Waals surface area contributed by atoms with E-state index >= 15 is 0 Å². The summed E-state index contributed by atoms with van der Waals surface area (Å²) in [6.07, 6.45) is 2.21. The van der Waals surface area contributed by atoms with Gasteiger partial charge < -0.3 is 5.32 Å². The first kappa shape index (κ1) is 21.8. The van der Waals surface area contributed by atoms with Gasteiger partial charge in [-0.1, -0.05) is 19.1 Å².